The molecule has 0 aliphatic carbocycles. The number of ether oxygens (including phenoxy) is 2. The van der Waals surface area contributed by atoms with E-state index in [9.17, 15) is 9.59 Å². The number of rotatable bonds is 7. The second kappa shape index (κ2) is 10.9. The molecule has 8 nitrogen and oxygen atoms in total. The molecule has 1 amide bonds. The van der Waals surface area contributed by atoms with E-state index in [4.69, 9.17) is 14.5 Å². The minimum atomic E-state index is -0.237. The maximum Gasteiger partial charge on any atom is 0.282 e. The molecule has 0 N–H and O–H groups in total. The summed E-state index contributed by atoms with van der Waals surface area (Å²) < 4.78 is 13.3. The van der Waals surface area contributed by atoms with Gasteiger partial charge < -0.3 is 14.4 Å². The first-order valence-corrected chi connectivity index (χ1v) is 12.1. The summed E-state index contributed by atoms with van der Waals surface area (Å²) >= 11 is 3.43. The van der Waals surface area contributed by atoms with E-state index in [0.29, 0.717) is 54.3 Å². The summed E-state index contributed by atoms with van der Waals surface area (Å²) in [5, 5.41) is 5.00. The number of morpholine rings is 1. The molecule has 1 aliphatic rings. The molecule has 1 fully saturated rings. The Bertz CT molecular complexity index is 1270. The molecule has 9 heteroatoms. The second-order valence-corrected chi connectivity index (χ2v) is 9.04. The molecule has 178 valence electrons. The van der Waals surface area contributed by atoms with Crippen molar-refractivity contribution in [1.82, 2.24) is 14.6 Å². The van der Waals surface area contributed by atoms with Crippen molar-refractivity contribution in [2.45, 2.75) is 26.2 Å². The van der Waals surface area contributed by atoms with Crippen molar-refractivity contribution < 1.29 is 14.3 Å². The van der Waals surface area contributed by atoms with Gasteiger partial charge in [0.25, 0.3) is 11.5 Å². The van der Waals surface area contributed by atoms with Crippen LogP contribution in [0.15, 0.2) is 56.8 Å². The van der Waals surface area contributed by atoms with E-state index in [2.05, 4.69) is 21.0 Å². The number of aromatic nitrogens is 2. The van der Waals surface area contributed by atoms with Gasteiger partial charge in [-0.25, -0.2) is 4.98 Å². The van der Waals surface area contributed by atoms with Gasteiger partial charge in [-0.05, 0) is 36.8 Å². The van der Waals surface area contributed by atoms with Crippen LogP contribution >= 0.6 is 15.9 Å². The van der Waals surface area contributed by atoms with Gasteiger partial charge in [0.1, 0.15) is 11.6 Å². The summed E-state index contributed by atoms with van der Waals surface area (Å²) in [5.41, 5.74) is 1.06. The zero-order chi connectivity index (χ0) is 24.1. The minimum Gasteiger partial charge on any atom is -0.483 e. The van der Waals surface area contributed by atoms with Crippen molar-refractivity contribution in [2.24, 2.45) is 5.10 Å². The molecule has 0 radical (unpaired) electrons. The Morgan fingerprint density at radius 3 is 2.79 bits per heavy atom. The number of fused-ring (bicyclic) bond motifs is 1. The average molecular weight is 527 g/mol. The van der Waals surface area contributed by atoms with Crippen molar-refractivity contribution in [3.63, 3.8) is 0 Å². The molecule has 1 aromatic heterocycles. The van der Waals surface area contributed by atoms with Crippen LogP contribution in [0.3, 0.4) is 0 Å². The highest BCUT2D eigenvalue weighted by Crippen LogP contribution is 2.21. The number of halogens is 1. The Hall–Kier alpha value is -3.04. The van der Waals surface area contributed by atoms with Gasteiger partial charge in [-0.2, -0.15) is 9.78 Å². The molecule has 0 spiro atoms. The Morgan fingerprint density at radius 1 is 1.26 bits per heavy atom. The number of carbonyl (C=O) groups is 1. The maximum atomic E-state index is 13.3. The van der Waals surface area contributed by atoms with E-state index in [1.165, 1.54) is 4.68 Å². The third-order valence-electron chi connectivity index (χ3n) is 5.83. The van der Waals surface area contributed by atoms with E-state index in [0.717, 1.165) is 10.9 Å². The largest absolute Gasteiger partial charge is 0.483 e. The fourth-order valence-electron chi connectivity index (χ4n) is 3.66. The van der Waals surface area contributed by atoms with Gasteiger partial charge in [0, 0.05) is 29.0 Å². The molecule has 4 rings (SSSR count). The zero-order valence-electron chi connectivity index (χ0n) is 19.2. The topological polar surface area (TPSA) is 86.0 Å². The molecule has 1 aliphatic heterocycles. The molecule has 0 saturated carbocycles. The van der Waals surface area contributed by atoms with E-state index in [-0.39, 0.29) is 24.0 Å². The number of nitrogens with zero attached hydrogens (tertiary/aromatic N) is 4. The van der Waals surface area contributed by atoms with Gasteiger partial charge in [-0.3, -0.25) is 9.59 Å². The second-order valence-electron chi connectivity index (χ2n) is 8.12. The van der Waals surface area contributed by atoms with Crippen molar-refractivity contribution in [3.8, 4) is 5.75 Å². The van der Waals surface area contributed by atoms with Crippen molar-refractivity contribution in [3.05, 3.63) is 68.7 Å². The first-order valence-electron chi connectivity index (χ1n) is 11.3. The van der Waals surface area contributed by atoms with Crippen LogP contribution in [0.2, 0.25) is 0 Å². The average Bonchev–Trinajstić information content (AvgIpc) is 2.87. The van der Waals surface area contributed by atoms with Crippen LogP contribution in [-0.4, -0.2) is 59.6 Å². The third kappa shape index (κ3) is 5.37. The highest BCUT2D eigenvalue weighted by Gasteiger charge is 2.18. The smallest absolute Gasteiger partial charge is 0.282 e. The van der Waals surface area contributed by atoms with Crippen LogP contribution in [0.25, 0.3) is 10.9 Å². The van der Waals surface area contributed by atoms with Gasteiger partial charge in [-0.15, -0.1) is 0 Å². The standard InChI is InChI=1S/C25H27BrN4O4/c1-3-17(2)24-28-21-9-8-19(26)14-20(21)25(32)30(24)27-15-18-6-4-5-7-22(18)34-16-23(31)29-10-12-33-13-11-29/h4-9,14-15,17H,3,10-13,16H2,1-2H3/t17-/m1/s1. The van der Waals surface area contributed by atoms with Gasteiger partial charge in [-0.1, -0.05) is 41.9 Å². The van der Waals surface area contributed by atoms with Crippen LogP contribution in [0.1, 0.15) is 37.6 Å². The Morgan fingerprint density at radius 2 is 2.03 bits per heavy atom. The fraction of sp³-hybridized carbons (Fsp3) is 0.360. The van der Waals surface area contributed by atoms with Gasteiger partial charge >= 0.3 is 0 Å². The summed E-state index contributed by atoms with van der Waals surface area (Å²) in [6.07, 6.45) is 2.39. The monoisotopic (exact) mass is 526 g/mol. The molecule has 1 atom stereocenters. The van der Waals surface area contributed by atoms with Crippen LogP contribution in [-0.2, 0) is 9.53 Å². The highest BCUT2D eigenvalue weighted by molar-refractivity contribution is 9.10. The quantitative estimate of drug-likeness (QED) is 0.437. The van der Waals surface area contributed by atoms with Crippen LogP contribution < -0.4 is 10.3 Å². The molecule has 3 aromatic rings. The lowest BCUT2D eigenvalue weighted by Crippen LogP contribution is -2.43. The lowest BCUT2D eigenvalue weighted by atomic mass is 10.1. The predicted molar refractivity (Wildman–Crippen MR) is 135 cm³/mol. The zero-order valence-corrected chi connectivity index (χ0v) is 20.8. The van der Waals surface area contributed by atoms with E-state index >= 15 is 0 Å². The molecule has 0 unspecified atom stereocenters. The summed E-state index contributed by atoms with van der Waals surface area (Å²) in [6, 6.07) is 12.7. The number of hydrogen-bond acceptors (Lipinski definition) is 6. The van der Waals surface area contributed by atoms with Gasteiger partial charge in [0.2, 0.25) is 0 Å². The van der Waals surface area contributed by atoms with Gasteiger partial charge in [0.05, 0.1) is 30.3 Å². The number of para-hydroxylation sites is 1. The van der Waals surface area contributed by atoms with Crippen molar-refractivity contribution >= 4 is 39.0 Å². The number of hydrogen-bond donors (Lipinski definition) is 0. The Kier molecular flexibility index (Phi) is 7.74. The van der Waals surface area contributed by atoms with Crippen LogP contribution in [0.4, 0.5) is 0 Å². The normalized spacial score (nSPS) is 15.1. The van der Waals surface area contributed by atoms with Crippen molar-refractivity contribution in [2.75, 3.05) is 32.9 Å². The van der Waals surface area contributed by atoms with Crippen LogP contribution in [0, 0.1) is 0 Å². The van der Waals surface area contributed by atoms with Gasteiger partial charge in [0.15, 0.2) is 6.61 Å². The summed E-state index contributed by atoms with van der Waals surface area (Å²) in [4.78, 5) is 32.2. The SMILES string of the molecule is CC[C@@H](C)c1nc2ccc(Br)cc2c(=O)n1N=Cc1ccccc1OCC(=O)N1CCOCC1. The Balaban J connectivity index is 1.63. The highest BCUT2D eigenvalue weighted by atomic mass is 79.9. The molecule has 2 aromatic carbocycles. The molecular weight excluding hydrogens is 500 g/mol. The first-order chi connectivity index (χ1) is 16.5. The number of benzene rings is 2. The maximum absolute atomic E-state index is 13.3. The predicted octanol–water partition coefficient (Wildman–Crippen LogP) is 3.79. The molecule has 0 bridgehead atoms. The molecular formula is C25H27BrN4O4. The Labute approximate surface area is 206 Å². The number of carbonyl (C=O) groups excluding carboxylic acids is 1. The molecule has 34 heavy (non-hydrogen) atoms. The van der Waals surface area contributed by atoms with E-state index in [1.54, 1.807) is 23.2 Å². The third-order valence-corrected chi connectivity index (χ3v) is 6.33. The van der Waals surface area contributed by atoms with Crippen molar-refractivity contribution in [1.29, 1.82) is 0 Å². The van der Waals surface area contributed by atoms with Crippen LogP contribution in [0.5, 0.6) is 5.75 Å². The minimum absolute atomic E-state index is 0.0375. The van der Waals surface area contributed by atoms with E-state index < -0.39 is 0 Å². The molecule has 2 heterocycles. The summed E-state index contributed by atoms with van der Waals surface area (Å²) in [6.45, 7) is 6.21. The number of amides is 1. The lowest BCUT2D eigenvalue weighted by molar-refractivity contribution is -0.137. The van der Waals surface area contributed by atoms with E-state index in [1.807, 2.05) is 44.2 Å². The summed E-state index contributed by atoms with van der Waals surface area (Å²) in [7, 11) is 0. The fourth-order valence-corrected chi connectivity index (χ4v) is 4.02. The first kappa shape index (κ1) is 24.1. The lowest BCUT2D eigenvalue weighted by Gasteiger charge is -2.26. The summed E-state index contributed by atoms with van der Waals surface area (Å²) in [5.74, 6) is 1.06. The molecule has 1 saturated heterocycles.